The molecule has 0 radical (unpaired) electrons. The molecule has 0 bridgehead atoms. The molecule has 2 N–H and O–H groups in total. The topological polar surface area (TPSA) is 74.6 Å². The van der Waals surface area contributed by atoms with Gasteiger partial charge >= 0.3 is 11.9 Å². The molecule has 0 aromatic heterocycles. The van der Waals surface area contributed by atoms with Gasteiger partial charge in [-0.3, -0.25) is 0 Å². The lowest BCUT2D eigenvalue weighted by molar-refractivity contribution is 0.0650. The number of hydrogen-bond acceptors (Lipinski definition) is 2. The first-order valence-electron chi connectivity index (χ1n) is 11.2. The molecule has 0 heterocycles. The van der Waals surface area contributed by atoms with E-state index in [1.54, 1.807) is 0 Å². The van der Waals surface area contributed by atoms with Crippen LogP contribution >= 0.6 is 0 Å². The molecule has 2 unspecified atom stereocenters. The third-order valence-corrected chi connectivity index (χ3v) is 5.57. The van der Waals surface area contributed by atoms with Crippen LogP contribution in [0.3, 0.4) is 0 Å². The highest BCUT2D eigenvalue weighted by Gasteiger charge is 2.24. The first-order chi connectivity index (χ1) is 13.6. The van der Waals surface area contributed by atoms with Crippen molar-refractivity contribution in [2.45, 2.75) is 93.9 Å². The molecule has 0 saturated carbocycles. The van der Waals surface area contributed by atoms with E-state index in [1.807, 2.05) is 6.07 Å². The van der Waals surface area contributed by atoms with Crippen molar-refractivity contribution in [2.24, 2.45) is 22.7 Å². The van der Waals surface area contributed by atoms with E-state index in [4.69, 9.17) is 0 Å². The average Bonchev–Trinajstić information content (AvgIpc) is 2.54. The predicted octanol–water partition coefficient (Wildman–Crippen LogP) is 7.09. The van der Waals surface area contributed by atoms with Gasteiger partial charge < -0.3 is 10.2 Å². The van der Waals surface area contributed by atoms with E-state index < -0.39 is 11.9 Å². The van der Waals surface area contributed by atoms with E-state index in [9.17, 15) is 19.8 Å². The number of rotatable bonds is 10. The Kier molecular flexibility index (Phi) is 9.13. The van der Waals surface area contributed by atoms with Crippen LogP contribution in [-0.2, 0) is 12.8 Å². The maximum Gasteiger partial charge on any atom is 0.336 e. The van der Waals surface area contributed by atoms with Gasteiger partial charge in [-0.25, -0.2) is 9.59 Å². The van der Waals surface area contributed by atoms with Gasteiger partial charge in [0.05, 0.1) is 11.1 Å². The van der Waals surface area contributed by atoms with Crippen molar-refractivity contribution in [2.75, 3.05) is 0 Å². The summed E-state index contributed by atoms with van der Waals surface area (Å²) >= 11 is 0. The number of carboxylic acids is 2. The van der Waals surface area contributed by atoms with Gasteiger partial charge in [0.25, 0.3) is 0 Å². The fourth-order valence-electron chi connectivity index (χ4n) is 4.72. The lowest BCUT2D eigenvalue weighted by atomic mass is 9.80. The highest BCUT2D eigenvalue weighted by Crippen LogP contribution is 2.31. The lowest BCUT2D eigenvalue weighted by Crippen LogP contribution is -2.17. The molecule has 1 rings (SSSR count). The Labute approximate surface area is 183 Å². The molecule has 0 fully saturated rings. The first kappa shape index (κ1) is 26.2. The summed E-state index contributed by atoms with van der Waals surface area (Å²) in [6.45, 7) is 17.7. The number of benzene rings is 1. The highest BCUT2D eigenvalue weighted by molar-refractivity contribution is 6.03. The molecule has 0 aliphatic rings. The van der Waals surface area contributed by atoms with Crippen LogP contribution in [0.1, 0.15) is 113 Å². The summed E-state index contributed by atoms with van der Waals surface area (Å²) in [5.41, 5.74) is 2.04. The van der Waals surface area contributed by atoms with Crippen molar-refractivity contribution >= 4 is 11.9 Å². The van der Waals surface area contributed by atoms with Crippen molar-refractivity contribution in [3.63, 3.8) is 0 Å². The Hall–Kier alpha value is -1.84. The summed E-state index contributed by atoms with van der Waals surface area (Å²) < 4.78 is 0. The second kappa shape index (κ2) is 10.5. The molecule has 1 aromatic carbocycles. The summed E-state index contributed by atoms with van der Waals surface area (Å²) in [6.07, 6.45) is 5.35. The maximum atomic E-state index is 12.0. The van der Waals surface area contributed by atoms with Crippen LogP contribution < -0.4 is 0 Å². The van der Waals surface area contributed by atoms with Crippen LogP contribution in [0.2, 0.25) is 0 Å². The highest BCUT2D eigenvalue weighted by atomic mass is 16.4. The summed E-state index contributed by atoms with van der Waals surface area (Å²) in [4.78, 5) is 23.7. The van der Waals surface area contributed by atoms with E-state index in [0.29, 0.717) is 23.8 Å². The van der Waals surface area contributed by atoms with Crippen LogP contribution in [0, 0.1) is 22.7 Å². The second-order valence-corrected chi connectivity index (χ2v) is 11.6. The summed E-state index contributed by atoms with van der Waals surface area (Å²) in [6, 6.07) is 3.31. The summed E-state index contributed by atoms with van der Waals surface area (Å²) in [7, 11) is 0. The first-order valence-corrected chi connectivity index (χ1v) is 11.2. The van der Waals surface area contributed by atoms with Gasteiger partial charge in [-0.05, 0) is 78.4 Å². The normalized spacial score (nSPS) is 14.4. The van der Waals surface area contributed by atoms with E-state index in [0.717, 1.165) is 37.7 Å². The molecular formula is C26H42O4. The fraction of sp³-hybridized carbons (Fsp3) is 0.692. The third-order valence-electron chi connectivity index (χ3n) is 5.57. The zero-order valence-electron chi connectivity index (χ0n) is 20.3. The quantitative estimate of drug-likeness (QED) is 0.425. The van der Waals surface area contributed by atoms with E-state index in [2.05, 4.69) is 55.4 Å². The Bertz CT molecular complexity index is 735. The molecule has 4 nitrogen and oxygen atoms in total. The van der Waals surface area contributed by atoms with Gasteiger partial charge in [0.2, 0.25) is 0 Å². The molecular weight excluding hydrogens is 376 g/mol. The summed E-state index contributed by atoms with van der Waals surface area (Å²) in [5, 5.41) is 19.4. The van der Waals surface area contributed by atoms with Gasteiger partial charge in [0.1, 0.15) is 0 Å². The number of aromatic carboxylic acids is 2. The van der Waals surface area contributed by atoms with E-state index in [-0.39, 0.29) is 22.0 Å². The molecule has 30 heavy (non-hydrogen) atoms. The van der Waals surface area contributed by atoms with Crippen molar-refractivity contribution in [3.05, 3.63) is 34.4 Å². The van der Waals surface area contributed by atoms with Crippen molar-refractivity contribution in [1.82, 2.24) is 0 Å². The molecule has 2 atom stereocenters. The molecule has 1 aromatic rings. The van der Waals surface area contributed by atoms with Gasteiger partial charge in [-0.2, -0.15) is 0 Å². The Balaban J connectivity index is 3.19. The zero-order chi connectivity index (χ0) is 23.3. The fourth-order valence-corrected chi connectivity index (χ4v) is 4.72. The van der Waals surface area contributed by atoms with E-state index in [1.165, 1.54) is 6.07 Å². The van der Waals surface area contributed by atoms with E-state index >= 15 is 0 Å². The van der Waals surface area contributed by atoms with Crippen molar-refractivity contribution < 1.29 is 19.8 Å². The number of carboxylic acid groups (broad SMARTS) is 2. The number of carbonyl (C=O) groups is 2. The molecule has 0 aliphatic carbocycles. The Morgan fingerprint density at radius 2 is 1.27 bits per heavy atom. The minimum atomic E-state index is -1.18. The predicted molar refractivity (Wildman–Crippen MR) is 123 cm³/mol. The lowest BCUT2D eigenvalue weighted by Gasteiger charge is -2.25. The van der Waals surface area contributed by atoms with Crippen LogP contribution in [0.4, 0.5) is 0 Å². The van der Waals surface area contributed by atoms with Crippen LogP contribution in [0.5, 0.6) is 0 Å². The van der Waals surface area contributed by atoms with Gasteiger partial charge in [0.15, 0.2) is 0 Å². The summed E-state index contributed by atoms with van der Waals surface area (Å²) in [5.74, 6) is -1.36. The van der Waals surface area contributed by atoms with Gasteiger partial charge in [-0.15, -0.1) is 0 Å². The monoisotopic (exact) mass is 418 g/mol. The van der Waals surface area contributed by atoms with Crippen molar-refractivity contribution in [1.29, 1.82) is 0 Å². The van der Waals surface area contributed by atoms with Crippen LogP contribution in [0.15, 0.2) is 12.1 Å². The minimum absolute atomic E-state index is 0.0218. The SMILES string of the molecule is CC(CCc1ccc(C(=O)O)c(C(=O)O)c1CCC(C)CC(C)(C)C)CC(C)(C)C. The molecule has 4 heteroatoms. The smallest absolute Gasteiger partial charge is 0.336 e. The molecule has 0 aliphatic heterocycles. The minimum Gasteiger partial charge on any atom is -0.478 e. The number of hydrogen-bond donors (Lipinski definition) is 2. The van der Waals surface area contributed by atoms with Crippen molar-refractivity contribution in [3.8, 4) is 0 Å². The van der Waals surface area contributed by atoms with Crippen LogP contribution in [0.25, 0.3) is 0 Å². The molecule has 0 saturated heterocycles. The zero-order valence-corrected chi connectivity index (χ0v) is 20.3. The molecule has 170 valence electrons. The average molecular weight is 419 g/mol. The standard InChI is InChI=1S/C26H42O4/c1-17(15-25(3,4)5)9-11-19-12-14-21(23(27)28)22(24(29)30)20(19)13-10-18(2)16-26(6,7)8/h12,14,17-18H,9-11,13,15-16H2,1-8H3,(H,27,28)(H,29,30). The van der Waals surface area contributed by atoms with Crippen LogP contribution in [-0.4, -0.2) is 22.2 Å². The number of aryl methyl sites for hydroxylation is 1. The maximum absolute atomic E-state index is 12.0. The van der Waals surface area contributed by atoms with Gasteiger partial charge in [0, 0.05) is 0 Å². The molecule has 0 spiro atoms. The Morgan fingerprint density at radius 1 is 0.800 bits per heavy atom. The molecule has 0 amide bonds. The third kappa shape index (κ3) is 8.89. The largest absolute Gasteiger partial charge is 0.478 e. The Morgan fingerprint density at radius 3 is 1.67 bits per heavy atom. The second-order valence-electron chi connectivity index (χ2n) is 11.6. The van der Waals surface area contributed by atoms with Gasteiger partial charge in [-0.1, -0.05) is 61.5 Å².